The molecule has 0 bridgehead atoms. The van der Waals surface area contributed by atoms with E-state index in [4.69, 9.17) is 4.42 Å². The van der Waals surface area contributed by atoms with Crippen LogP contribution in [0.3, 0.4) is 0 Å². The molecule has 3 aliphatic heterocycles. The molecule has 3 aliphatic rings. The summed E-state index contributed by atoms with van der Waals surface area (Å²) >= 11 is 0. The van der Waals surface area contributed by atoms with Gasteiger partial charge in [0.1, 0.15) is 6.04 Å². The minimum absolute atomic E-state index is 0.129. The fourth-order valence-electron chi connectivity index (χ4n) is 6.41. The van der Waals surface area contributed by atoms with Gasteiger partial charge in [0.25, 0.3) is 0 Å². The number of oxazole rings is 1. The average Bonchev–Trinajstić information content (AvgIpc) is 3.36. The molecule has 2 fully saturated rings. The molecule has 2 saturated heterocycles. The van der Waals surface area contributed by atoms with Crippen molar-refractivity contribution in [1.29, 1.82) is 0 Å². The lowest BCUT2D eigenvalue weighted by molar-refractivity contribution is -0.135. The topological polar surface area (TPSA) is 143 Å². The number of urea groups is 2. The van der Waals surface area contributed by atoms with Crippen LogP contribution in [-0.4, -0.2) is 89.0 Å². The Morgan fingerprint density at radius 1 is 0.976 bits per heavy atom. The number of rotatable bonds is 5. The molecule has 3 aromatic rings. The number of anilines is 1. The van der Waals surface area contributed by atoms with Crippen molar-refractivity contribution < 1.29 is 18.8 Å². The number of piperidine rings is 1. The number of nitrogens with one attached hydrogen (secondary N) is 4. The Morgan fingerprint density at radius 3 is 2.45 bits per heavy atom. The number of carbonyl (C=O) groups excluding carboxylic acids is 3. The first kappa shape index (κ1) is 27.8. The second-order valence-corrected chi connectivity index (χ2v) is 11.7. The van der Waals surface area contributed by atoms with Crippen molar-refractivity contribution in [2.24, 2.45) is 0 Å². The van der Waals surface area contributed by atoms with E-state index in [0.29, 0.717) is 56.2 Å². The van der Waals surface area contributed by atoms with Gasteiger partial charge in [-0.15, -0.1) is 0 Å². The molecule has 0 radical (unpaired) electrons. The Hall–Kier alpha value is -4.32. The van der Waals surface area contributed by atoms with Crippen molar-refractivity contribution in [3.05, 3.63) is 64.1 Å². The van der Waals surface area contributed by atoms with E-state index in [9.17, 15) is 19.2 Å². The number of hydrogen-bond acceptors (Lipinski definition) is 6. The van der Waals surface area contributed by atoms with E-state index in [1.807, 2.05) is 35.2 Å². The quantitative estimate of drug-likeness (QED) is 0.368. The third-order valence-electron chi connectivity index (χ3n) is 8.83. The van der Waals surface area contributed by atoms with Gasteiger partial charge in [-0.25, -0.2) is 14.4 Å². The van der Waals surface area contributed by atoms with Crippen molar-refractivity contribution in [1.82, 2.24) is 30.3 Å². The third kappa shape index (κ3) is 5.46. The maximum absolute atomic E-state index is 13.8. The Kier molecular flexibility index (Phi) is 7.40. The summed E-state index contributed by atoms with van der Waals surface area (Å²) in [5.74, 6) is -0.670. The zero-order valence-electron chi connectivity index (χ0n) is 23.9. The van der Waals surface area contributed by atoms with E-state index in [-0.39, 0.29) is 24.4 Å². The van der Waals surface area contributed by atoms with Crippen molar-refractivity contribution in [3.63, 3.8) is 0 Å². The van der Waals surface area contributed by atoms with Gasteiger partial charge >= 0.3 is 17.8 Å². The average molecular weight is 576 g/mol. The standard InChI is InChI=1S/C30H37N7O5/c1-19(2)35-13-15-36(16-14-35)26(38)24(17-20-7-8-23-25(18-20)42-29(41)33-23)32-28(40)37-11-9-30(10-12-37)21-5-3-4-6-22(21)31-27(39)34-30/h3-8,18-19,24H,9-17H2,1-2H3,(H,32,40)(H,33,41)(H2,31,34,39)/t24-/m1/s1. The molecule has 5 amide bonds. The SMILES string of the molecule is CC(C)N1CCN(C(=O)[C@@H](Cc2ccc3[nH]c(=O)oc3c2)NC(=O)N2CCC3(CC2)NC(=O)Nc2ccccc23)CC1. The van der Waals surface area contributed by atoms with Gasteiger partial charge in [0.15, 0.2) is 5.58 Å². The molecule has 12 heteroatoms. The number of piperazine rings is 1. The van der Waals surface area contributed by atoms with E-state index in [0.717, 1.165) is 29.9 Å². The molecule has 1 spiro atoms. The van der Waals surface area contributed by atoms with Gasteiger partial charge in [-0.05, 0) is 50.5 Å². The Balaban J connectivity index is 1.17. The second kappa shape index (κ2) is 11.2. The predicted octanol–water partition coefficient (Wildman–Crippen LogP) is 2.42. The van der Waals surface area contributed by atoms with E-state index >= 15 is 0 Å². The summed E-state index contributed by atoms with van der Waals surface area (Å²) in [6.07, 6.45) is 1.38. The largest absolute Gasteiger partial charge is 0.417 e. The fourth-order valence-corrected chi connectivity index (χ4v) is 6.41. The maximum atomic E-state index is 13.8. The summed E-state index contributed by atoms with van der Waals surface area (Å²) in [4.78, 5) is 60.0. The molecular weight excluding hydrogens is 538 g/mol. The summed E-state index contributed by atoms with van der Waals surface area (Å²) < 4.78 is 5.22. The van der Waals surface area contributed by atoms with Crippen LogP contribution in [0.2, 0.25) is 0 Å². The van der Waals surface area contributed by atoms with E-state index in [1.165, 1.54) is 0 Å². The summed E-state index contributed by atoms with van der Waals surface area (Å²) in [5, 5.41) is 8.99. The number of nitrogens with zero attached hydrogens (tertiary/aromatic N) is 3. The molecule has 2 aromatic carbocycles. The van der Waals surface area contributed by atoms with Gasteiger partial charge < -0.3 is 30.2 Å². The number of hydrogen-bond donors (Lipinski definition) is 4. The monoisotopic (exact) mass is 575 g/mol. The number of aromatic nitrogens is 1. The fraction of sp³-hybridized carbons (Fsp3) is 0.467. The Labute approximate surface area is 243 Å². The maximum Gasteiger partial charge on any atom is 0.417 e. The van der Waals surface area contributed by atoms with Crippen LogP contribution in [0.1, 0.15) is 37.8 Å². The van der Waals surface area contributed by atoms with E-state index < -0.39 is 17.3 Å². The number of para-hydroxylation sites is 1. The lowest BCUT2D eigenvalue weighted by Gasteiger charge is -2.45. The summed E-state index contributed by atoms with van der Waals surface area (Å²) in [7, 11) is 0. The first-order valence-corrected chi connectivity index (χ1v) is 14.6. The first-order valence-electron chi connectivity index (χ1n) is 14.6. The van der Waals surface area contributed by atoms with Gasteiger partial charge in [0.05, 0.1) is 11.1 Å². The molecule has 4 heterocycles. The summed E-state index contributed by atoms with van der Waals surface area (Å²) in [6.45, 7) is 7.88. The van der Waals surface area contributed by atoms with Crippen molar-refractivity contribution >= 4 is 34.8 Å². The summed E-state index contributed by atoms with van der Waals surface area (Å²) in [5.41, 5.74) is 3.02. The van der Waals surface area contributed by atoms with Crippen LogP contribution in [-0.2, 0) is 16.8 Å². The van der Waals surface area contributed by atoms with Crippen LogP contribution >= 0.6 is 0 Å². The number of H-pyrrole nitrogens is 1. The first-order chi connectivity index (χ1) is 20.2. The van der Waals surface area contributed by atoms with Crippen molar-refractivity contribution in [2.45, 2.75) is 50.7 Å². The highest BCUT2D eigenvalue weighted by atomic mass is 16.4. The highest BCUT2D eigenvalue weighted by Gasteiger charge is 2.43. The van der Waals surface area contributed by atoms with Crippen LogP contribution in [0.25, 0.3) is 11.1 Å². The Bertz CT molecular complexity index is 1550. The molecule has 4 N–H and O–H groups in total. The van der Waals surface area contributed by atoms with Crippen LogP contribution < -0.4 is 21.7 Å². The molecule has 6 rings (SSSR count). The van der Waals surface area contributed by atoms with Crippen molar-refractivity contribution in [3.8, 4) is 0 Å². The smallest absolute Gasteiger partial charge is 0.408 e. The summed E-state index contributed by atoms with van der Waals surface area (Å²) in [6, 6.07) is 12.1. The molecule has 222 valence electrons. The number of benzene rings is 2. The zero-order valence-corrected chi connectivity index (χ0v) is 23.9. The number of aromatic amines is 1. The van der Waals surface area contributed by atoms with Gasteiger partial charge in [0, 0.05) is 63.0 Å². The third-order valence-corrected chi connectivity index (χ3v) is 8.83. The zero-order chi connectivity index (χ0) is 29.4. The van der Waals surface area contributed by atoms with Gasteiger partial charge in [-0.1, -0.05) is 24.3 Å². The highest BCUT2D eigenvalue weighted by Crippen LogP contribution is 2.39. The predicted molar refractivity (Wildman–Crippen MR) is 157 cm³/mol. The Morgan fingerprint density at radius 2 is 1.71 bits per heavy atom. The molecule has 1 aromatic heterocycles. The molecular formula is C30H37N7O5. The number of carbonyl (C=O) groups is 3. The number of likely N-dealkylation sites (tertiary alicyclic amines) is 1. The molecule has 1 atom stereocenters. The van der Waals surface area contributed by atoms with E-state index in [2.05, 4.69) is 39.7 Å². The molecule has 0 unspecified atom stereocenters. The van der Waals surface area contributed by atoms with Crippen LogP contribution in [0.15, 0.2) is 51.7 Å². The molecule has 42 heavy (non-hydrogen) atoms. The molecule has 0 aliphatic carbocycles. The van der Waals surface area contributed by atoms with Gasteiger partial charge in [0.2, 0.25) is 5.91 Å². The van der Waals surface area contributed by atoms with Crippen LogP contribution in [0.4, 0.5) is 15.3 Å². The van der Waals surface area contributed by atoms with E-state index in [1.54, 1.807) is 17.0 Å². The molecule has 12 nitrogen and oxygen atoms in total. The van der Waals surface area contributed by atoms with Gasteiger partial charge in [-0.3, -0.25) is 14.7 Å². The van der Waals surface area contributed by atoms with Crippen LogP contribution in [0, 0.1) is 0 Å². The van der Waals surface area contributed by atoms with Crippen LogP contribution in [0.5, 0.6) is 0 Å². The lowest BCUT2D eigenvalue weighted by Crippen LogP contribution is -2.60. The minimum atomic E-state index is -0.790. The van der Waals surface area contributed by atoms with Gasteiger partial charge in [-0.2, -0.15) is 0 Å². The molecule has 0 saturated carbocycles. The number of fused-ring (bicyclic) bond motifs is 3. The highest BCUT2D eigenvalue weighted by molar-refractivity contribution is 5.94. The van der Waals surface area contributed by atoms with Crippen molar-refractivity contribution in [2.75, 3.05) is 44.6 Å². The second-order valence-electron chi connectivity index (χ2n) is 11.7. The minimum Gasteiger partial charge on any atom is -0.408 e. The number of amides is 5. The lowest BCUT2D eigenvalue weighted by atomic mass is 9.79. The normalized spacial score (nSPS) is 19.4.